The minimum atomic E-state index is -0.335. The number of nitrogens with zero attached hydrogens (tertiary/aromatic N) is 2. The molecule has 0 bridgehead atoms. The summed E-state index contributed by atoms with van der Waals surface area (Å²) in [7, 11) is 0. The number of aliphatic hydroxyl groups excluding tert-OH is 1. The molecule has 0 atom stereocenters. The molecule has 2 aromatic carbocycles. The van der Waals surface area contributed by atoms with Crippen molar-refractivity contribution in [3.8, 4) is 16.9 Å². The van der Waals surface area contributed by atoms with Crippen LogP contribution in [0.25, 0.3) is 27.8 Å². The topological polar surface area (TPSA) is 65.9 Å². The SMILES string of the molecule is CCc1cccc(CC)c1-n1nc2c(c1-c1c(F)cc(CO)c3[nH]ccc13)CNCC2.Cl. The number of H-pyrrole nitrogens is 1. The van der Waals surface area contributed by atoms with Crippen LogP contribution in [0.4, 0.5) is 4.39 Å². The Balaban J connectivity index is 0.00000245. The molecular formula is C25H28ClFN4O. The molecule has 5 nitrogen and oxygen atoms in total. The molecule has 0 saturated heterocycles. The first-order chi connectivity index (χ1) is 15.2. The Morgan fingerprint density at radius 3 is 2.56 bits per heavy atom. The number of aromatic nitrogens is 3. The van der Waals surface area contributed by atoms with Gasteiger partial charge in [0.2, 0.25) is 0 Å². The van der Waals surface area contributed by atoms with Gasteiger partial charge in [0.25, 0.3) is 0 Å². The normalized spacial score (nSPS) is 13.2. The molecule has 0 aliphatic carbocycles. The van der Waals surface area contributed by atoms with E-state index in [-0.39, 0.29) is 24.8 Å². The summed E-state index contributed by atoms with van der Waals surface area (Å²) in [6, 6.07) is 9.69. The molecule has 0 radical (unpaired) electrons. The van der Waals surface area contributed by atoms with Crippen LogP contribution in [0.2, 0.25) is 0 Å². The number of halogens is 2. The van der Waals surface area contributed by atoms with E-state index < -0.39 is 0 Å². The van der Waals surface area contributed by atoms with Crippen molar-refractivity contribution >= 4 is 23.3 Å². The second-order valence-corrected chi connectivity index (χ2v) is 8.06. The highest BCUT2D eigenvalue weighted by atomic mass is 35.5. The Hall–Kier alpha value is -2.67. The minimum Gasteiger partial charge on any atom is -0.392 e. The molecule has 7 heteroatoms. The van der Waals surface area contributed by atoms with Crippen molar-refractivity contribution in [2.45, 2.75) is 46.3 Å². The van der Waals surface area contributed by atoms with Crippen molar-refractivity contribution in [3.05, 3.63) is 70.3 Å². The fraction of sp³-hybridized carbons (Fsp3) is 0.320. The smallest absolute Gasteiger partial charge is 0.133 e. The summed E-state index contributed by atoms with van der Waals surface area (Å²) in [5.74, 6) is -0.335. The first-order valence-electron chi connectivity index (χ1n) is 11.0. The lowest BCUT2D eigenvalue weighted by Crippen LogP contribution is -2.23. The van der Waals surface area contributed by atoms with Gasteiger partial charge in [-0.25, -0.2) is 9.07 Å². The van der Waals surface area contributed by atoms with Gasteiger partial charge >= 0.3 is 0 Å². The molecule has 3 heterocycles. The quantitative estimate of drug-likeness (QED) is 0.404. The average Bonchev–Trinajstić information content (AvgIpc) is 3.43. The van der Waals surface area contributed by atoms with Crippen molar-refractivity contribution in [3.63, 3.8) is 0 Å². The highest BCUT2D eigenvalue weighted by Crippen LogP contribution is 2.39. The average molecular weight is 455 g/mol. The van der Waals surface area contributed by atoms with Crippen LogP contribution < -0.4 is 5.32 Å². The van der Waals surface area contributed by atoms with Gasteiger partial charge in [-0.3, -0.25) is 0 Å². The van der Waals surface area contributed by atoms with Gasteiger partial charge in [-0.15, -0.1) is 12.4 Å². The third-order valence-electron chi connectivity index (χ3n) is 6.37. The number of aromatic amines is 1. The van der Waals surface area contributed by atoms with Crippen LogP contribution in [0.5, 0.6) is 0 Å². The number of nitrogens with one attached hydrogen (secondary N) is 2. The molecule has 0 saturated carbocycles. The van der Waals surface area contributed by atoms with Crippen LogP contribution in [0, 0.1) is 5.82 Å². The Labute approximate surface area is 193 Å². The predicted molar refractivity (Wildman–Crippen MR) is 128 cm³/mol. The molecule has 3 N–H and O–H groups in total. The van der Waals surface area contributed by atoms with Crippen LogP contribution >= 0.6 is 12.4 Å². The molecule has 0 spiro atoms. The van der Waals surface area contributed by atoms with E-state index in [1.165, 1.54) is 17.2 Å². The number of para-hydroxylation sites is 1. The first kappa shape index (κ1) is 22.5. The maximum atomic E-state index is 15.7. The van der Waals surface area contributed by atoms with E-state index >= 15 is 4.39 Å². The van der Waals surface area contributed by atoms with Crippen molar-refractivity contribution in [1.82, 2.24) is 20.1 Å². The zero-order valence-corrected chi connectivity index (χ0v) is 19.2. The lowest BCUT2D eigenvalue weighted by molar-refractivity contribution is 0.282. The van der Waals surface area contributed by atoms with E-state index in [1.807, 2.05) is 10.7 Å². The molecule has 4 aromatic rings. The molecular weight excluding hydrogens is 427 g/mol. The lowest BCUT2D eigenvalue weighted by atomic mass is 9.96. The molecule has 32 heavy (non-hydrogen) atoms. The monoisotopic (exact) mass is 454 g/mol. The summed E-state index contributed by atoms with van der Waals surface area (Å²) in [5, 5.41) is 19.0. The Morgan fingerprint density at radius 2 is 1.88 bits per heavy atom. The summed E-state index contributed by atoms with van der Waals surface area (Å²) in [6.07, 6.45) is 4.36. The standard InChI is InChI=1S/C25H27FN4O.ClH/c1-3-15-6-5-7-16(4-2)24(15)30-25(19-13-27-10-9-21(19)29-30)22-18-8-11-28-23(18)17(14-31)12-20(22)26;/h5-8,11-12,27-28,31H,3-4,9-10,13-14H2,1-2H3;1H. The summed E-state index contributed by atoms with van der Waals surface area (Å²) in [6.45, 7) is 5.60. The molecule has 0 fully saturated rings. The summed E-state index contributed by atoms with van der Waals surface area (Å²) < 4.78 is 17.6. The summed E-state index contributed by atoms with van der Waals surface area (Å²) >= 11 is 0. The Kier molecular flexibility index (Phi) is 6.38. The number of fused-ring (bicyclic) bond motifs is 2. The van der Waals surface area contributed by atoms with Gasteiger partial charge in [0, 0.05) is 47.8 Å². The number of benzene rings is 2. The second-order valence-electron chi connectivity index (χ2n) is 8.06. The van der Waals surface area contributed by atoms with Crippen LogP contribution in [0.15, 0.2) is 36.5 Å². The highest BCUT2D eigenvalue weighted by Gasteiger charge is 2.28. The van der Waals surface area contributed by atoms with Gasteiger partial charge in [0.1, 0.15) is 5.82 Å². The second kappa shape index (κ2) is 9.06. The van der Waals surface area contributed by atoms with Crippen molar-refractivity contribution < 1.29 is 9.50 Å². The summed E-state index contributed by atoms with van der Waals surface area (Å²) in [4.78, 5) is 3.18. The van der Waals surface area contributed by atoms with Crippen molar-refractivity contribution in [2.75, 3.05) is 6.54 Å². The van der Waals surface area contributed by atoms with E-state index in [2.05, 4.69) is 42.3 Å². The number of aryl methyl sites for hydroxylation is 2. The van der Waals surface area contributed by atoms with Gasteiger partial charge in [-0.05, 0) is 36.1 Å². The van der Waals surface area contributed by atoms with Crippen LogP contribution in [-0.2, 0) is 32.4 Å². The number of aliphatic hydroxyl groups is 1. The molecule has 0 unspecified atom stereocenters. The zero-order valence-electron chi connectivity index (χ0n) is 18.3. The predicted octanol–water partition coefficient (Wildman–Crippen LogP) is 4.84. The number of hydrogen-bond acceptors (Lipinski definition) is 3. The molecule has 2 aromatic heterocycles. The van der Waals surface area contributed by atoms with Gasteiger partial charge in [0.05, 0.1) is 29.2 Å². The van der Waals surface area contributed by atoms with Gasteiger partial charge in [-0.2, -0.15) is 5.10 Å². The molecule has 5 rings (SSSR count). The van der Waals surface area contributed by atoms with E-state index in [1.54, 1.807) is 6.20 Å². The van der Waals surface area contributed by atoms with E-state index in [0.29, 0.717) is 17.7 Å². The third kappa shape index (κ3) is 3.43. The van der Waals surface area contributed by atoms with Crippen LogP contribution in [-0.4, -0.2) is 26.4 Å². The van der Waals surface area contributed by atoms with Gasteiger partial charge in [0.15, 0.2) is 0 Å². The van der Waals surface area contributed by atoms with E-state index in [9.17, 15) is 5.11 Å². The molecule has 168 valence electrons. The largest absolute Gasteiger partial charge is 0.392 e. The lowest BCUT2D eigenvalue weighted by Gasteiger charge is -2.19. The van der Waals surface area contributed by atoms with Gasteiger partial charge < -0.3 is 15.4 Å². The number of rotatable bonds is 5. The van der Waals surface area contributed by atoms with E-state index in [4.69, 9.17) is 5.10 Å². The Morgan fingerprint density at radius 1 is 1.12 bits per heavy atom. The van der Waals surface area contributed by atoms with Crippen LogP contribution in [0.3, 0.4) is 0 Å². The van der Waals surface area contributed by atoms with Crippen molar-refractivity contribution in [2.24, 2.45) is 0 Å². The first-order valence-corrected chi connectivity index (χ1v) is 11.0. The van der Waals surface area contributed by atoms with Gasteiger partial charge in [-0.1, -0.05) is 32.0 Å². The highest BCUT2D eigenvalue weighted by molar-refractivity contribution is 5.97. The Bertz CT molecular complexity index is 1250. The minimum absolute atomic E-state index is 0. The maximum Gasteiger partial charge on any atom is 0.133 e. The van der Waals surface area contributed by atoms with Crippen molar-refractivity contribution in [1.29, 1.82) is 0 Å². The third-order valence-corrected chi connectivity index (χ3v) is 6.37. The zero-order chi connectivity index (χ0) is 21.5. The fourth-order valence-corrected chi connectivity index (χ4v) is 4.84. The van der Waals surface area contributed by atoms with E-state index in [0.717, 1.165) is 59.3 Å². The summed E-state index contributed by atoms with van der Waals surface area (Å²) in [5.41, 5.74) is 8.21. The van der Waals surface area contributed by atoms with Crippen LogP contribution in [0.1, 0.15) is 41.8 Å². The molecule has 1 aliphatic heterocycles. The molecule has 0 amide bonds. The number of hydrogen-bond donors (Lipinski definition) is 3. The fourth-order valence-electron chi connectivity index (χ4n) is 4.84. The molecule has 1 aliphatic rings. The maximum absolute atomic E-state index is 15.7.